The summed E-state index contributed by atoms with van der Waals surface area (Å²) in [5.41, 5.74) is 0. The lowest BCUT2D eigenvalue weighted by Crippen LogP contribution is -1.76. The summed E-state index contributed by atoms with van der Waals surface area (Å²) in [6, 6.07) is 12.5. The Kier molecular flexibility index (Phi) is 2.99. The maximum absolute atomic E-state index is 13.0. The van der Waals surface area contributed by atoms with Gasteiger partial charge in [0.15, 0.2) is 0 Å². The van der Waals surface area contributed by atoms with E-state index in [1.165, 1.54) is 6.07 Å². The van der Waals surface area contributed by atoms with E-state index in [2.05, 4.69) is 6.57 Å². The molecule has 0 heterocycles. The second kappa shape index (κ2) is 4.22. The van der Waals surface area contributed by atoms with Crippen LogP contribution in [0.1, 0.15) is 0 Å². The van der Waals surface area contributed by atoms with Crippen LogP contribution in [0.5, 0.6) is 0 Å². The number of rotatable bonds is 0. The number of hydrogen-bond acceptors (Lipinski definition) is 1. The standard InChI is InChI=1S/C10H7F.CHN/c11-10-7-3-5-8-4-1-2-6-9(8)10;1-2/h1-7H;1H. The summed E-state index contributed by atoms with van der Waals surface area (Å²) in [5, 5.41) is 8.14. The van der Waals surface area contributed by atoms with E-state index in [-0.39, 0.29) is 5.82 Å². The summed E-state index contributed by atoms with van der Waals surface area (Å²) in [4.78, 5) is 0. The van der Waals surface area contributed by atoms with Gasteiger partial charge in [0.25, 0.3) is 0 Å². The van der Waals surface area contributed by atoms with Crippen LogP contribution in [0.3, 0.4) is 0 Å². The summed E-state index contributed by atoms with van der Waals surface area (Å²) in [7, 11) is 0. The largest absolute Gasteiger partial charge is 0.206 e. The molecule has 0 unspecified atom stereocenters. The highest BCUT2D eigenvalue weighted by atomic mass is 19.1. The molecule has 0 N–H and O–H groups in total. The highest BCUT2D eigenvalue weighted by Crippen LogP contribution is 2.15. The number of fused-ring (bicyclic) bond motifs is 1. The van der Waals surface area contributed by atoms with Crippen molar-refractivity contribution in [1.82, 2.24) is 0 Å². The van der Waals surface area contributed by atoms with Crippen LogP contribution in [0, 0.1) is 17.7 Å². The molecule has 0 aromatic heterocycles. The molecule has 0 aliphatic rings. The lowest BCUT2D eigenvalue weighted by Gasteiger charge is -1.95. The van der Waals surface area contributed by atoms with E-state index in [0.29, 0.717) is 5.39 Å². The molecule has 0 aliphatic carbocycles. The van der Waals surface area contributed by atoms with Gasteiger partial charge in [0.05, 0.1) is 0 Å². The van der Waals surface area contributed by atoms with Gasteiger partial charge in [-0.15, -0.1) is 0 Å². The Morgan fingerprint density at radius 2 is 1.54 bits per heavy atom. The lowest BCUT2D eigenvalue weighted by atomic mass is 10.1. The Bertz CT molecular complexity index is 415. The fourth-order valence-corrected chi connectivity index (χ4v) is 1.19. The average molecular weight is 173 g/mol. The topological polar surface area (TPSA) is 23.8 Å². The monoisotopic (exact) mass is 173 g/mol. The number of nitrogens with zero attached hydrogens (tertiary/aromatic N) is 1. The van der Waals surface area contributed by atoms with Gasteiger partial charge in [-0.1, -0.05) is 36.4 Å². The first-order chi connectivity index (χ1) is 6.38. The smallest absolute Gasteiger partial charge is 0.131 e. The molecule has 0 bridgehead atoms. The van der Waals surface area contributed by atoms with Crippen molar-refractivity contribution in [2.24, 2.45) is 0 Å². The second-order valence-corrected chi connectivity index (χ2v) is 2.46. The molecular formula is C11H8FN. The third kappa shape index (κ3) is 1.83. The zero-order chi connectivity index (χ0) is 9.68. The van der Waals surface area contributed by atoms with Crippen molar-refractivity contribution in [3.63, 3.8) is 0 Å². The van der Waals surface area contributed by atoms with E-state index < -0.39 is 0 Å². The zero-order valence-corrected chi connectivity index (χ0v) is 6.94. The third-order valence-corrected chi connectivity index (χ3v) is 1.74. The molecule has 2 rings (SSSR count). The van der Waals surface area contributed by atoms with E-state index in [1.54, 1.807) is 12.1 Å². The maximum atomic E-state index is 13.0. The molecule has 0 amide bonds. The summed E-state index contributed by atoms with van der Waals surface area (Å²) in [6.07, 6.45) is 0. The normalized spacial score (nSPS) is 8.85. The number of benzene rings is 2. The van der Waals surface area contributed by atoms with Gasteiger partial charge < -0.3 is 0 Å². The van der Waals surface area contributed by atoms with Crippen molar-refractivity contribution in [2.45, 2.75) is 0 Å². The van der Waals surface area contributed by atoms with Crippen LogP contribution < -0.4 is 0 Å². The zero-order valence-electron chi connectivity index (χ0n) is 6.94. The molecule has 0 aliphatic heterocycles. The van der Waals surface area contributed by atoms with Crippen LogP contribution in [0.25, 0.3) is 10.8 Å². The van der Waals surface area contributed by atoms with Crippen LogP contribution in [0.15, 0.2) is 42.5 Å². The summed E-state index contributed by atoms with van der Waals surface area (Å²) < 4.78 is 13.0. The minimum absolute atomic E-state index is 0.150. The van der Waals surface area contributed by atoms with Crippen molar-refractivity contribution >= 4 is 10.8 Å². The quantitative estimate of drug-likeness (QED) is 0.600. The Morgan fingerprint density at radius 1 is 0.923 bits per heavy atom. The molecular weight excluding hydrogens is 165 g/mol. The van der Waals surface area contributed by atoms with Gasteiger partial charge in [0.1, 0.15) is 5.82 Å². The molecule has 0 fully saturated rings. The van der Waals surface area contributed by atoms with Crippen LogP contribution >= 0.6 is 0 Å². The van der Waals surface area contributed by atoms with Crippen molar-refractivity contribution in [3.05, 3.63) is 48.3 Å². The van der Waals surface area contributed by atoms with Gasteiger partial charge >= 0.3 is 0 Å². The van der Waals surface area contributed by atoms with Crippen LogP contribution in [0.4, 0.5) is 4.39 Å². The first-order valence-electron chi connectivity index (χ1n) is 3.77. The highest BCUT2D eigenvalue weighted by molar-refractivity contribution is 5.82. The summed E-state index contributed by atoms with van der Waals surface area (Å²) in [6.45, 7) is 3.50. The SMILES string of the molecule is C#N.Fc1cccc2ccccc12. The molecule has 0 radical (unpaired) electrons. The Labute approximate surface area is 76.0 Å². The van der Waals surface area contributed by atoms with Crippen LogP contribution in [-0.4, -0.2) is 0 Å². The van der Waals surface area contributed by atoms with Crippen molar-refractivity contribution < 1.29 is 4.39 Å². The lowest BCUT2D eigenvalue weighted by molar-refractivity contribution is 0.640. The second-order valence-electron chi connectivity index (χ2n) is 2.46. The number of nitriles is 1. The van der Waals surface area contributed by atoms with E-state index in [9.17, 15) is 4.39 Å². The predicted molar refractivity (Wildman–Crippen MR) is 50.6 cm³/mol. The number of halogens is 1. The van der Waals surface area contributed by atoms with E-state index in [1.807, 2.05) is 24.3 Å². The summed E-state index contributed by atoms with van der Waals surface area (Å²) in [5.74, 6) is -0.150. The van der Waals surface area contributed by atoms with Crippen LogP contribution in [-0.2, 0) is 0 Å². The Morgan fingerprint density at radius 3 is 2.23 bits per heavy atom. The van der Waals surface area contributed by atoms with E-state index in [0.717, 1.165) is 5.39 Å². The van der Waals surface area contributed by atoms with Gasteiger partial charge in [-0.3, -0.25) is 0 Å². The molecule has 0 spiro atoms. The molecule has 0 saturated heterocycles. The van der Waals surface area contributed by atoms with Gasteiger partial charge in [0, 0.05) is 12.0 Å². The van der Waals surface area contributed by atoms with Gasteiger partial charge in [-0.2, -0.15) is 0 Å². The molecule has 13 heavy (non-hydrogen) atoms. The Balaban J connectivity index is 0.000000396. The van der Waals surface area contributed by atoms with Crippen molar-refractivity contribution in [1.29, 1.82) is 5.26 Å². The first kappa shape index (κ1) is 9.21. The highest BCUT2D eigenvalue weighted by Gasteiger charge is 1.95. The number of hydrogen-bond donors (Lipinski definition) is 0. The Hall–Kier alpha value is -1.88. The molecule has 0 atom stereocenters. The summed E-state index contributed by atoms with van der Waals surface area (Å²) >= 11 is 0. The van der Waals surface area contributed by atoms with E-state index in [4.69, 9.17) is 5.26 Å². The minimum Gasteiger partial charge on any atom is -0.206 e. The van der Waals surface area contributed by atoms with Gasteiger partial charge in [-0.25, -0.2) is 9.65 Å². The molecule has 2 heteroatoms. The van der Waals surface area contributed by atoms with Gasteiger partial charge in [0.2, 0.25) is 0 Å². The fourth-order valence-electron chi connectivity index (χ4n) is 1.19. The predicted octanol–water partition coefficient (Wildman–Crippen LogP) is 3.12. The molecule has 0 saturated carbocycles. The average Bonchev–Trinajstić information content (AvgIpc) is 2.22. The molecule has 2 aromatic carbocycles. The first-order valence-corrected chi connectivity index (χ1v) is 3.77. The van der Waals surface area contributed by atoms with Gasteiger partial charge in [-0.05, 0) is 11.5 Å². The minimum atomic E-state index is -0.150. The van der Waals surface area contributed by atoms with Crippen molar-refractivity contribution in [3.8, 4) is 6.57 Å². The molecule has 1 nitrogen and oxygen atoms in total. The van der Waals surface area contributed by atoms with Crippen molar-refractivity contribution in [2.75, 3.05) is 0 Å². The maximum Gasteiger partial charge on any atom is 0.131 e. The molecule has 2 aromatic rings. The van der Waals surface area contributed by atoms with E-state index >= 15 is 0 Å². The molecule has 64 valence electrons. The third-order valence-electron chi connectivity index (χ3n) is 1.74. The fraction of sp³-hybridized carbons (Fsp3) is 0. The van der Waals surface area contributed by atoms with Crippen LogP contribution in [0.2, 0.25) is 0 Å².